The number of halogens is 2. The van der Waals surface area contributed by atoms with E-state index in [0.717, 1.165) is 28.0 Å². The Kier molecular flexibility index (Phi) is 3.44. The van der Waals surface area contributed by atoms with E-state index in [2.05, 4.69) is 27.3 Å². The minimum Gasteiger partial charge on any atom is -0.373 e. The lowest BCUT2D eigenvalue weighted by Crippen LogP contribution is -2.37. The average molecular weight is 317 g/mol. The van der Waals surface area contributed by atoms with Crippen LogP contribution < -0.4 is 5.32 Å². The Bertz CT molecular complexity index is 426. The molecule has 1 aromatic carbocycles. The average Bonchev–Trinajstić information content (AvgIpc) is 2.92. The van der Waals surface area contributed by atoms with Gasteiger partial charge in [0.2, 0.25) is 0 Å². The van der Waals surface area contributed by atoms with Crippen LogP contribution in [0.1, 0.15) is 24.8 Å². The van der Waals surface area contributed by atoms with Crippen LogP contribution in [0.2, 0.25) is 5.02 Å². The molecule has 2 nitrogen and oxygen atoms in total. The molecule has 0 aromatic heterocycles. The predicted molar refractivity (Wildman–Crippen MR) is 72.3 cm³/mol. The summed E-state index contributed by atoms with van der Waals surface area (Å²) in [5.74, 6) is 0. The first kappa shape index (κ1) is 12.0. The molecule has 0 amide bonds. The van der Waals surface area contributed by atoms with Crippen molar-refractivity contribution in [3.63, 3.8) is 0 Å². The molecule has 1 aromatic rings. The van der Waals surface area contributed by atoms with Gasteiger partial charge in [-0.25, -0.2) is 0 Å². The third-order valence-electron chi connectivity index (χ3n) is 3.67. The number of fused-ring (bicyclic) bond motifs is 2. The van der Waals surface area contributed by atoms with Crippen LogP contribution in [-0.2, 0) is 11.3 Å². The summed E-state index contributed by atoms with van der Waals surface area (Å²) in [5.41, 5.74) is 1.14. The molecule has 2 aliphatic heterocycles. The smallest absolute Gasteiger partial charge is 0.0733 e. The van der Waals surface area contributed by atoms with Crippen molar-refractivity contribution >= 4 is 27.5 Å². The van der Waals surface area contributed by atoms with E-state index in [1.165, 1.54) is 12.8 Å². The first-order valence-corrected chi connectivity index (χ1v) is 7.22. The third kappa shape index (κ3) is 2.53. The highest BCUT2D eigenvalue weighted by Crippen LogP contribution is 2.34. The van der Waals surface area contributed by atoms with Gasteiger partial charge in [0, 0.05) is 22.1 Å². The molecule has 2 heterocycles. The molecule has 2 aliphatic rings. The fourth-order valence-electron chi connectivity index (χ4n) is 2.77. The van der Waals surface area contributed by atoms with Crippen molar-refractivity contribution in [1.29, 1.82) is 0 Å². The quantitative estimate of drug-likeness (QED) is 0.921. The van der Waals surface area contributed by atoms with Crippen LogP contribution >= 0.6 is 27.5 Å². The van der Waals surface area contributed by atoms with Gasteiger partial charge >= 0.3 is 0 Å². The van der Waals surface area contributed by atoms with Gasteiger partial charge in [0.15, 0.2) is 0 Å². The van der Waals surface area contributed by atoms with Crippen molar-refractivity contribution in [1.82, 2.24) is 5.32 Å². The van der Waals surface area contributed by atoms with Crippen molar-refractivity contribution in [2.45, 2.75) is 44.1 Å². The monoisotopic (exact) mass is 315 g/mol. The first-order chi connectivity index (χ1) is 8.22. The van der Waals surface area contributed by atoms with Gasteiger partial charge in [0.25, 0.3) is 0 Å². The van der Waals surface area contributed by atoms with Gasteiger partial charge in [0.1, 0.15) is 0 Å². The van der Waals surface area contributed by atoms with Crippen molar-refractivity contribution in [2.24, 2.45) is 0 Å². The summed E-state index contributed by atoms with van der Waals surface area (Å²) < 4.78 is 6.89. The van der Waals surface area contributed by atoms with E-state index in [-0.39, 0.29) is 0 Å². The van der Waals surface area contributed by atoms with Crippen molar-refractivity contribution in [3.8, 4) is 0 Å². The van der Waals surface area contributed by atoms with Gasteiger partial charge in [-0.2, -0.15) is 0 Å². The van der Waals surface area contributed by atoms with E-state index < -0.39 is 0 Å². The van der Waals surface area contributed by atoms with E-state index >= 15 is 0 Å². The topological polar surface area (TPSA) is 21.3 Å². The molecule has 92 valence electrons. The molecule has 4 heteroatoms. The zero-order valence-electron chi connectivity index (χ0n) is 9.46. The molecule has 3 unspecified atom stereocenters. The van der Waals surface area contributed by atoms with Gasteiger partial charge in [-0.1, -0.05) is 27.5 Å². The maximum atomic E-state index is 6.17. The largest absolute Gasteiger partial charge is 0.373 e. The summed E-state index contributed by atoms with van der Waals surface area (Å²) >= 11 is 9.64. The van der Waals surface area contributed by atoms with Gasteiger partial charge < -0.3 is 10.1 Å². The molecular formula is C13H15BrClNO. The van der Waals surface area contributed by atoms with Crippen molar-refractivity contribution in [3.05, 3.63) is 33.3 Å². The molecule has 2 fully saturated rings. The molecule has 0 saturated carbocycles. The van der Waals surface area contributed by atoms with Gasteiger partial charge in [-0.05, 0) is 43.0 Å². The zero-order valence-corrected chi connectivity index (χ0v) is 11.8. The Morgan fingerprint density at radius 2 is 2.29 bits per heavy atom. The van der Waals surface area contributed by atoms with Crippen LogP contribution in [0.15, 0.2) is 22.7 Å². The van der Waals surface area contributed by atoms with Crippen LogP contribution in [0, 0.1) is 0 Å². The second-order valence-corrected chi connectivity index (χ2v) is 6.16. The maximum absolute atomic E-state index is 6.17. The molecule has 0 radical (unpaired) electrons. The molecule has 17 heavy (non-hydrogen) atoms. The Morgan fingerprint density at radius 1 is 1.41 bits per heavy atom. The SMILES string of the molecule is Clc1ccc(Br)cc1CNC1CC2CCC1O2. The van der Waals surface area contributed by atoms with Crippen molar-refractivity contribution in [2.75, 3.05) is 0 Å². The summed E-state index contributed by atoms with van der Waals surface area (Å²) in [7, 11) is 0. The Labute approximate surface area is 115 Å². The number of benzene rings is 1. The summed E-state index contributed by atoms with van der Waals surface area (Å²) in [6.45, 7) is 0.815. The molecule has 0 aliphatic carbocycles. The van der Waals surface area contributed by atoms with E-state index in [0.29, 0.717) is 18.2 Å². The molecular weight excluding hydrogens is 302 g/mol. The third-order valence-corrected chi connectivity index (χ3v) is 4.53. The number of nitrogens with one attached hydrogen (secondary N) is 1. The molecule has 0 spiro atoms. The van der Waals surface area contributed by atoms with Crippen LogP contribution in [-0.4, -0.2) is 18.2 Å². The number of hydrogen-bond acceptors (Lipinski definition) is 2. The minimum atomic E-state index is 0.422. The Morgan fingerprint density at radius 3 is 3.00 bits per heavy atom. The summed E-state index contributed by atoms with van der Waals surface area (Å²) in [5, 5.41) is 4.39. The van der Waals surface area contributed by atoms with Gasteiger partial charge in [0.05, 0.1) is 12.2 Å². The van der Waals surface area contributed by atoms with E-state index in [1.54, 1.807) is 0 Å². The highest BCUT2D eigenvalue weighted by molar-refractivity contribution is 9.10. The van der Waals surface area contributed by atoms with E-state index in [1.807, 2.05) is 12.1 Å². The first-order valence-electron chi connectivity index (χ1n) is 6.05. The second kappa shape index (κ2) is 4.88. The predicted octanol–water partition coefficient (Wildman–Crippen LogP) is 3.51. The van der Waals surface area contributed by atoms with E-state index in [9.17, 15) is 0 Å². The Balaban J connectivity index is 1.62. The summed E-state index contributed by atoms with van der Waals surface area (Å²) in [6, 6.07) is 6.47. The van der Waals surface area contributed by atoms with Crippen LogP contribution in [0.5, 0.6) is 0 Å². The highest BCUT2D eigenvalue weighted by Gasteiger charge is 2.40. The molecule has 2 bridgehead atoms. The zero-order chi connectivity index (χ0) is 11.8. The van der Waals surface area contributed by atoms with Gasteiger partial charge in [-0.3, -0.25) is 0 Å². The van der Waals surface area contributed by atoms with Crippen LogP contribution in [0.3, 0.4) is 0 Å². The fraction of sp³-hybridized carbons (Fsp3) is 0.538. The van der Waals surface area contributed by atoms with Crippen LogP contribution in [0.4, 0.5) is 0 Å². The molecule has 1 N–H and O–H groups in total. The fourth-order valence-corrected chi connectivity index (χ4v) is 3.37. The molecule has 3 atom stereocenters. The molecule has 3 rings (SSSR count). The normalized spacial score (nSPS) is 31.1. The summed E-state index contributed by atoms with van der Waals surface area (Å²) in [6.07, 6.45) is 4.51. The standard InChI is InChI=1S/C13H15BrClNO/c14-9-1-3-11(15)8(5-9)7-16-12-6-10-2-4-13(12)17-10/h1,3,5,10,12-13,16H,2,4,6-7H2. The van der Waals surface area contributed by atoms with Gasteiger partial charge in [-0.15, -0.1) is 0 Å². The lowest BCUT2D eigenvalue weighted by molar-refractivity contribution is 0.0973. The lowest BCUT2D eigenvalue weighted by Gasteiger charge is -2.20. The minimum absolute atomic E-state index is 0.422. The lowest BCUT2D eigenvalue weighted by atomic mass is 9.95. The number of hydrogen-bond donors (Lipinski definition) is 1. The summed E-state index contributed by atoms with van der Waals surface area (Å²) in [4.78, 5) is 0. The number of ether oxygens (including phenoxy) is 1. The number of rotatable bonds is 3. The highest BCUT2D eigenvalue weighted by atomic mass is 79.9. The Hall–Kier alpha value is -0.0900. The van der Waals surface area contributed by atoms with E-state index in [4.69, 9.17) is 16.3 Å². The maximum Gasteiger partial charge on any atom is 0.0733 e. The van der Waals surface area contributed by atoms with Crippen LogP contribution in [0.25, 0.3) is 0 Å². The molecule has 2 saturated heterocycles. The second-order valence-electron chi connectivity index (χ2n) is 4.83. The van der Waals surface area contributed by atoms with Crippen molar-refractivity contribution < 1.29 is 4.74 Å².